The van der Waals surface area contributed by atoms with E-state index >= 15 is 0 Å². The summed E-state index contributed by atoms with van der Waals surface area (Å²) in [5, 5.41) is 0. The summed E-state index contributed by atoms with van der Waals surface area (Å²) in [6, 6.07) is 1.89. The van der Waals surface area contributed by atoms with Crippen LogP contribution in [0.5, 0.6) is 0 Å². The van der Waals surface area contributed by atoms with Crippen molar-refractivity contribution in [2.75, 3.05) is 6.54 Å². The van der Waals surface area contributed by atoms with Crippen LogP contribution in [0.15, 0.2) is 0 Å². The second-order valence-corrected chi connectivity index (χ2v) is 10.7. The van der Waals surface area contributed by atoms with Gasteiger partial charge in [0.15, 0.2) is 0 Å². The maximum Gasteiger partial charge on any atom is 0.146 e. The van der Waals surface area contributed by atoms with Gasteiger partial charge < -0.3 is 0 Å². The van der Waals surface area contributed by atoms with E-state index < -0.39 is 0 Å². The monoisotopic (exact) mass is 371 g/mol. The highest BCUT2D eigenvalue weighted by Crippen LogP contribution is 2.48. The van der Waals surface area contributed by atoms with Gasteiger partial charge in [0.2, 0.25) is 0 Å². The summed E-state index contributed by atoms with van der Waals surface area (Å²) in [6.45, 7) is 2.55. The third-order valence-corrected chi connectivity index (χ3v) is 9.05. The van der Waals surface area contributed by atoms with Crippen molar-refractivity contribution in [1.82, 2.24) is 4.90 Å². The number of hydrogen-bond acceptors (Lipinski definition) is 1. The number of rotatable bonds is 8. The van der Waals surface area contributed by atoms with Gasteiger partial charge in [0.25, 0.3) is 0 Å². The van der Waals surface area contributed by atoms with E-state index in [-0.39, 0.29) is 0 Å². The molecule has 0 atom stereocenters. The molecule has 2 aliphatic heterocycles. The Labute approximate surface area is 170 Å². The zero-order valence-electron chi connectivity index (χ0n) is 18.2. The molecule has 2 bridgehead atoms. The Balaban J connectivity index is 1.20. The van der Waals surface area contributed by atoms with Crippen LogP contribution in [-0.4, -0.2) is 30.2 Å². The lowest BCUT2D eigenvalue weighted by Gasteiger charge is -2.42. The van der Waals surface area contributed by atoms with Crippen LogP contribution in [0.2, 0.25) is 18.0 Å². The summed E-state index contributed by atoms with van der Waals surface area (Å²) in [7, 11) is 0. The summed E-state index contributed by atoms with van der Waals surface area (Å²) in [4.78, 5) is 3.04. The van der Waals surface area contributed by atoms with Gasteiger partial charge in [-0.1, -0.05) is 108 Å². The topological polar surface area (TPSA) is 3.24 Å². The van der Waals surface area contributed by atoms with Crippen molar-refractivity contribution in [3.05, 3.63) is 0 Å². The molecule has 2 heteroatoms. The molecule has 0 amide bonds. The highest BCUT2D eigenvalue weighted by molar-refractivity contribution is 6.62. The van der Waals surface area contributed by atoms with Gasteiger partial charge in [0.05, 0.1) is 0 Å². The number of nitrogens with zero attached hydrogens (tertiary/aromatic N) is 1. The number of hydrogen-bond donors (Lipinski definition) is 0. The quantitative estimate of drug-likeness (QED) is 0.312. The third kappa shape index (κ3) is 5.55. The summed E-state index contributed by atoms with van der Waals surface area (Å²) < 4.78 is 0. The fraction of sp³-hybridized carbons (Fsp3) is 1.00. The van der Waals surface area contributed by atoms with Gasteiger partial charge in [-0.2, -0.15) is 0 Å². The molecule has 1 nitrogen and oxygen atoms in total. The summed E-state index contributed by atoms with van der Waals surface area (Å²) in [5.74, 6) is 2.25. The van der Waals surface area contributed by atoms with Crippen molar-refractivity contribution in [2.45, 2.75) is 152 Å². The Morgan fingerprint density at radius 1 is 0.519 bits per heavy atom. The van der Waals surface area contributed by atoms with Gasteiger partial charge in [-0.3, -0.25) is 4.90 Å². The molecular formula is C25H46BN. The van der Waals surface area contributed by atoms with E-state index in [0.717, 1.165) is 30.4 Å². The lowest BCUT2D eigenvalue weighted by atomic mass is 9.26. The molecule has 0 aromatic carbocycles. The van der Waals surface area contributed by atoms with Crippen molar-refractivity contribution in [3.63, 3.8) is 0 Å². The average Bonchev–Trinajstić information content (AvgIpc) is 2.72. The van der Waals surface area contributed by atoms with Gasteiger partial charge in [-0.05, 0) is 38.6 Å². The molecule has 0 spiro atoms. The lowest BCUT2D eigenvalue weighted by molar-refractivity contribution is 0.0789. The van der Waals surface area contributed by atoms with Gasteiger partial charge in [0.1, 0.15) is 6.71 Å². The van der Waals surface area contributed by atoms with Crippen molar-refractivity contribution in [1.29, 1.82) is 0 Å². The molecule has 2 aliphatic carbocycles. The standard InChI is InChI=1S/C25H46BN/c1-4-16-24(17-5-1)27(25-18-6-2-7-19-25)21-9-3-8-20-26-22-12-10-13-23(26)15-11-14-22/h22-25H,1-21H2. The Hall–Kier alpha value is 0.0249. The Morgan fingerprint density at radius 2 is 1.04 bits per heavy atom. The smallest absolute Gasteiger partial charge is 0.146 e. The predicted octanol–water partition coefficient (Wildman–Crippen LogP) is 7.73. The van der Waals surface area contributed by atoms with Crippen LogP contribution in [0, 0.1) is 0 Å². The van der Waals surface area contributed by atoms with Crippen molar-refractivity contribution >= 4 is 6.71 Å². The predicted molar refractivity (Wildman–Crippen MR) is 120 cm³/mol. The first kappa shape index (κ1) is 20.3. The fourth-order valence-electron chi connectivity index (χ4n) is 7.63. The van der Waals surface area contributed by atoms with Gasteiger partial charge in [-0.15, -0.1) is 0 Å². The summed E-state index contributed by atoms with van der Waals surface area (Å²) >= 11 is 0. The fourth-order valence-corrected chi connectivity index (χ4v) is 7.63. The third-order valence-electron chi connectivity index (χ3n) is 9.05. The Morgan fingerprint density at radius 3 is 1.56 bits per heavy atom. The van der Waals surface area contributed by atoms with E-state index in [9.17, 15) is 0 Å². The molecule has 0 aromatic rings. The largest absolute Gasteiger partial charge is 0.297 e. The Bertz CT molecular complexity index is 373. The van der Waals surface area contributed by atoms with Crippen LogP contribution in [0.3, 0.4) is 0 Å². The normalized spacial score (nSPS) is 30.8. The average molecular weight is 371 g/mol. The highest BCUT2D eigenvalue weighted by atomic mass is 15.2. The molecule has 4 aliphatic rings. The maximum atomic E-state index is 3.04. The van der Waals surface area contributed by atoms with Gasteiger partial charge >= 0.3 is 0 Å². The molecule has 4 fully saturated rings. The van der Waals surface area contributed by atoms with Gasteiger partial charge in [0, 0.05) is 12.1 Å². The van der Waals surface area contributed by atoms with Gasteiger partial charge in [-0.25, -0.2) is 0 Å². The van der Waals surface area contributed by atoms with E-state index in [1.807, 2.05) is 0 Å². The second-order valence-electron chi connectivity index (χ2n) is 10.7. The summed E-state index contributed by atoms with van der Waals surface area (Å²) in [5.41, 5.74) is 0. The molecule has 0 unspecified atom stereocenters. The summed E-state index contributed by atoms with van der Waals surface area (Å²) in [6.07, 6.45) is 30.4. The van der Waals surface area contributed by atoms with E-state index in [0.29, 0.717) is 0 Å². The first-order chi connectivity index (χ1) is 13.4. The molecule has 0 aromatic heterocycles. The lowest BCUT2D eigenvalue weighted by Crippen LogP contribution is -2.45. The van der Waals surface area contributed by atoms with Crippen molar-refractivity contribution in [3.8, 4) is 0 Å². The molecule has 154 valence electrons. The Kier molecular flexibility index (Phi) is 8.05. The first-order valence-corrected chi connectivity index (χ1v) is 13.2. The minimum atomic E-state index is 0.944. The number of unbranched alkanes of at least 4 members (excludes halogenated alkanes) is 2. The molecule has 4 rings (SSSR count). The van der Waals surface area contributed by atoms with Crippen LogP contribution in [0.25, 0.3) is 0 Å². The van der Waals surface area contributed by atoms with E-state index in [1.165, 1.54) is 90.0 Å². The molecule has 2 saturated carbocycles. The highest BCUT2D eigenvalue weighted by Gasteiger charge is 2.38. The van der Waals surface area contributed by atoms with Crippen molar-refractivity contribution < 1.29 is 0 Å². The minimum Gasteiger partial charge on any atom is -0.297 e. The van der Waals surface area contributed by atoms with E-state index in [1.54, 1.807) is 44.8 Å². The van der Waals surface area contributed by atoms with Crippen LogP contribution in [0.4, 0.5) is 0 Å². The molecule has 2 heterocycles. The minimum absolute atomic E-state index is 0.944. The van der Waals surface area contributed by atoms with E-state index in [2.05, 4.69) is 4.90 Å². The van der Waals surface area contributed by atoms with Crippen LogP contribution in [0.1, 0.15) is 122 Å². The molecular weight excluding hydrogens is 325 g/mol. The molecule has 2 saturated heterocycles. The maximum absolute atomic E-state index is 3.04. The molecule has 0 radical (unpaired) electrons. The second kappa shape index (κ2) is 10.7. The van der Waals surface area contributed by atoms with Crippen LogP contribution >= 0.6 is 0 Å². The zero-order valence-corrected chi connectivity index (χ0v) is 18.2. The molecule has 27 heavy (non-hydrogen) atoms. The number of fused-ring (bicyclic) bond motifs is 2. The first-order valence-electron chi connectivity index (χ1n) is 13.2. The van der Waals surface area contributed by atoms with E-state index in [4.69, 9.17) is 0 Å². The van der Waals surface area contributed by atoms with Crippen LogP contribution < -0.4 is 0 Å². The SMILES string of the molecule is C1CCC(N(CCCCCB2C3CCCC2CCC3)C2CCCCC2)CC1. The van der Waals surface area contributed by atoms with Crippen molar-refractivity contribution in [2.24, 2.45) is 0 Å². The molecule has 0 N–H and O–H groups in total. The van der Waals surface area contributed by atoms with Crippen LogP contribution in [-0.2, 0) is 0 Å². The zero-order chi connectivity index (χ0) is 18.3.